The molecule has 1 unspecified atom stereocenters. The standard InChI is InChI=1S/C27H24N2O5/c1-28-14-15-34-22-13-12-17(16-20(22)28)25(30)23-24(19-10-6-7-11-21(19)33-2)29(27(32)26(23)31)18-8-4-3-5-9-18/h3-13,16,24,30H,14-15H2,1-2H3/b25-23+. The summed E-state index contributed by atoms with van der Waals surface area (Å²) in [7, 11) is 3.47. The van der Waals surface area contributed by atoms with E-state index in [-0.39, 0.29) is 11.3 Å². The monoisotopic (exact) mass is 456 g/mol. The molecule has 0 aliphatic carbocycles. The number of rotatable bonds is 4. The fraction of sp³-hybridized carbons (Fsp3) is 0.185. The van der Waals surface area contributed by atoms with E-state index in [2.05, 4.69) is 0 Å². The molecule has 0 bridgehead atoms. The van der Waals surface area contributed by atoms with Gasteiger partial charge in [0.15, 0.2) is 0 Å². The second kappa shape index (κ2) is 8.59. The lowest BCUT2D eigenvalue weighted by atomic mass is 9.94. The Morgan fingerprint density at radius 3 is 2.53 bits per heavy atom. The van der Waals surface area contributed by atoms with E-state index in [9.17, 15) is 14.7 Å². The first-order chi connectivity index (χ1) is 16.5. The van der Waals surface area contributed by atoms with Crippen molar-refractivity contribution in [3.63, 3.8) is 0 Å². The zero-order valence-electron chi connectivity index (χ0n) is 18.9. The maximum Gasteiger partial charge on any atom is 0.300 e. The zero-order valence-corrected chi connectivity index (χ0v) is 18.9. The summed E-state index contributed by atoms with van der Waals surface area (Å²) in [4.78, 5) is 30.1. The number of Topliss-reactive ketones (excluding diaryl/α,β-unsaturated/α-hetero) is 1. The highest BCUT2D eigenvalue weighted by molar-refractivity contribution is 6.51. The number of hydrogen-bond acceptors (Lipinski definition) is 6. The third-order valence-electron chi connectivity index (χ3n) is 6.24. The van der Waals surface area contributed by atoms with Crippen LogP contribution in [0, 0.1) is 0 Å². The summed E-state index contributed by atoms with van der Waals surface area (Å²) in [5.74, 6) is -0.479. The number of aliphatic hydroxyl groups excluding tert-OH is 1. The molecule has 1 fully saturated rings. The van der Waals surface area contributed by atoms with Crippen LogP contribution >= 0.6 is 0 Å². The van der Waals surface area contributed by atoms with Gasteiger partial charge in [-0.25, -0.2) is 0 Å². The molecule has 5 rings (SSSR count). The Labute approximate surface area is 197 Å². The van der Waals surface area contributed by atoms with Gasteiger partial charge in [0.2, 0.25) is 0 Å². The number of aliphatic hydroxyl groups is 1. The number of ether oxygens (including phenoxy) is 2. The van der Waals surface area contributed by atoms with Crippen molar-refractivity contribution in [1.82, 2.24) is 0 Å². The number of anilines is 2. The number of amides is 1. The molecule has 172 valence electrons. The number of carbonyl (C=O) groups excluding carboxylic acids is 2. The van der Waals surface area contributed by atoms with Crippen molar-refractivity contribution in [3.8, 4) is 11.5 Å². The highest BCUT2D eigenvalue weighted by Gasteiger charge is 2.47. The molecule has 1 N–H and O–H groups in total. The molecule has 7 nitrogen and oxygen atoms in total. The highest BCUT2D eigenvalue weighted by Crippen LogP contribution is 2.45. The SMILES string of the molecule is COc1ccccc1C1/C(=C(\O)c2ccc3c(c2)N(C)CCO3)C(=O)C(=O)N1c1ccccc1. The number of ketones is 1. The molecule has 3 aromatic rings. The largest absolute Gasteiger partial charge is 0.507 e. The van der Waals surface area contributed by atoms with E-state index < -0.39 is 17.7 Å². The van der Waals surface area contributed by atoms with Crippen molar-refractivity contribution in [2.75, 3.05) is 37.1 Å². The zero-order chi connectivity index (χ0) is 23.8. The number of nitrogens with zero attached hydrogens (tertiary/aromatic N) is 2. The summed E-state index contributed by atoms with van der Waals surface area (Å²) < 4.78 is 11.3. The molecule has 34 heavy (non-hydrogen) atoms. The van der Waals surface area contributed by atoms with Crippen LogP contribution in [-0.2, 0) is 9.59 Å². The van der Waals surface area contributed by atoms with Crippen LogP contribution in [0.2, 0.25) is 0 Å². The minimum Gasteiger partial charge on any atom is -0.507 e. The van der Waals surface area contributed by atoms with E-state index in [1.807, 2.05) is 30.1 Å². The molecule has 2 heterocycles. The van der Waals surface area contributed by atoms with E-state index in [0.29, 0.717) is 41.5 Å². The minimum absolute atomic E-state index is 0.0117. The lowest BCUT2D eigenvalue weighted by Crippen LogP contribution is -2.29. The second-order valence-electron chi connectivity index (χ2n) is 8.20. The van der Waals surface area contributed by atoms with E-state index in [4.69, 9.17) is 9.47 Å². The van der Waals surface area contributed by atoms with Gasteiger partial charge in [0.05, 0.1) is 31.0 Å². The van der Waals surface area contributed by atoms with Gasteiger partial charge in [-0.1, -0.05) is 36.4 Å². The molecule has 7 heteroatoms. The normalized spacial score (nSPS) is 19.1. The van der Waals surface area contributed by atoms with Crippen molar-refractivity contribution < 1.29 is 24.2 Å². The molecular weight excluding hydrogens is 432 g/mol. The van der Waals surface area contributed by atoms with Crippen molar-refractivity contribution in [3.05, 3.63) is 89.5 Å². The fourth-order valence-electron chi connectivity index (χ4n) is 4.53. The van der Waals surface area contributed by atoms with Gasteiger partial charge in [0.25, 0.3) is 11.7 Å². The van der Waals surface area contributed by atoms with Gasteiger partial charge in [0, 0.05) is 23.9 Å². The molecule has 2 aliphatic heterocycles. The Bertz CT molecular complexity index is 1300. The number of carbonyl (C=O) groups is 2. The third-order valence-corrected chi connectivity index (χ3v) is 6.24. The van der Waals surface area contributed by atoms with Crippen LogP contribution in [0.4, 0.5) is 11.4 Å². The van der Waals surface area contributed by atoms with Crippen molar-refractivity contribution >= 4 is 28.8 Å². The summed E-state index contributed by atoms with van der Waals surface area (Å²) in [6.07, 6.45) is 0. The minimum atomic E-state index is -0.858. The van der Waals surface area contributed by atoms with Gasteiger partial charge < -0.3 is 19.5 Å². The number of hydrogen-bond donors (Lipinski definition) is 1. The Balaban J connectivity index is 1.73. The highest BCUT2D eigenvalue weighted by atomic mass is 16.5. The molecule has 1 saturated heterocycles. The quantitative estimate of drug-likeness (QED) is 0.361. The molecule has 1 amide bonds. The summed E-state index contributed by atoms with van der Waals surface area (Å²) >= 11 is 0. The molecule has 2 aliphatic rings. The predicted molar refractivity (Wildman–Crippen MR) is 129 cm³/mol. The molecule has 0 saturated carbocycles. The average molecular weight is 456 g/mol. The number of likely N-dealkylation sites (N-methyl/N-ethyl adjacent to an activating group) is 1. The van der Waals surface area contributed by atoms with E-state index in [0.717, 1.165) is 5.69 Å². The number of fused-ring (bicyclic) bond motifs is 1. The van der Waals surface area contributed by atoms with Crippen molar-refractivity contribution in [2.45, 2.75) is 6.04 Å². The van der Waals surface area contributed by atoms with E-state index >= 15 is 0 Å². The van der Waals surface area contributed by atoms with Gasteiger partial charge in [-0.15, -0.1) is 0 Å². The van der Waals surface area contributed by atoms with Crippen molar-refractivity contribution in [1.29, 1.82) is 0 Å². The summed E-state index contributed by atoms with van der Waals surface area (Å²) in [5.41, 5.74) is 2.41. The lowest BCUT2D eigenvalue weighted by molar-refractivity contribution is -0.132. The molecule has 0 radical (unpaired) electrons. The Hall–Kier alpha value is -4.26. The fourth-order valence-corrected chi connectivity index (χ4v) is 4.53. The van der Waals surface area contributed by atoms with Crippen LogP contribution in [0.1, 0.15) is 17.2 Å². The smallest absolute Gasteiger partial charge is 0.300 e. The Morgan fingerprint density at radius 1 is 1.03 bits per heavy atom. The van der Waals surface area contributed by atoms with Crippen LogP contribution in [-0.4, -0.2) is 44.1 Å². The van der Waals surface area contributed by atoms with E-state index in [1.165, 1.54) is 12.0 Å². The second-order valence-corrected chi connectivity index (χ2v) is 8.20. The van der Waals surface area contributed by atoms with Crippen LogP contribution in [0.5, 0.6) is 11.5 Å². The average Bonchev–Trinajstić information content (AvgIpc) is 3.14. The topological polar surface area (TPSA) is 79.3 Å². The Morgan fingerprint density at radius 2 is 1.76 bits per heavy atom. The molecule has 0 spiro atoms. The van der Waals surface area contributed by atoms with Crippen LogP contribution < -0.4 is 19.3 Å². The van der Waals surface area contributed by atoms with Gasteiger partial charge in [-0.3, -0.25) is 14.5 Å². The lowest BCUT2D eigenvalue weighted by Gasteiger charge is -2.28. The number of para-hydroxylation sites is 2. The maximum absolute atomic E-state index is 13.4. The maximum atomic E-state index is 13.4. The van der Waals surface area contributed by atoms with Crippen LogP contribution in [0.25, 0.3) is 5.76 Å². The van der Waals surface area contributed by atoms with E-state index in [1.54, 1.807) is 54.6 Å². The van der Waals surface area contributed by atoms with Gasteiger partial charge in [-0.05, 0) is 36.4 Å². The summed E-state index contributed by atoms with van der Waals surface area (Å²) in [6, 6.07) is 20.5. The summed E-state index contributed by atoms with van der Waals surface area (Å²) in [5, 5.41) is 11.4. The Kier molecular flexibility index (Phi) is 5.45. The number of benzene rings is 3. The van der Waals surface area contributed by atoms with Gasteiger partial charge >= 0.3 is 0 Å². The van der Waals surface area contributed by atoms with Crippen LogP contribution in [0.15, 0.2) is 78.4 Å². The van der Waals surface area contributed by atoms with Crippen molar-refractivity contribution in [2.24, 2.45) is 0 Å². The molecule has 1 atom stereocenters. The van der Waals surface area contributed by atoms with Crippen LogP contribution in [0.3, 0.4) is 0 Å². The van der Waals surface area contributed by atoms with Gasteiger partial charge in [0.1, 0.15) is 23.9 Å². The first kappa shape index (κ1) is 21.6. The molecular formula is C27H24N2O5. The first-order valence-electron chi connectivity index (χ1n) is 11.0. The molecule has 0 aromatic heterocycles. The summed E-state index contributed by atoms with van der Waals surface area (Å²) in [6.45, 7) is 1.28. The predicted octanol–water partition coefficient (Wildman–Crippen LogP) is 4.15. The third kappa shape index (κ3) is 3.46. The van der Waals surface area contributed by atoms with Gasteiger partial charge in [-0.2, -0.15) is 0 Å². The molecule has 3 aromatic carbocycles. The first-order valence-corrected chi connectivity index (χ1v) is 11.0. The number of methoxy groups -OCH3 is 1.